The predicted molar refractivity (Wildman–Crippen MR) is 75.0 cm³/mol. The molecular weight excluding hydrogens is 244 g/mol. The molecule has 98 valence electrons. The van der Waals surface area contributed by atoms with Crippen LogP contribution in [0.4, 0.5) is 0 Å². The standard InChI is InChI=1S/C14H20N2OS/c1-9-6-7-18-12(9)11(17)10-8-16(5)15-13(10)14(2,3)4/h6-8,11,17H,1-5H3. The molecular formula is C14H20N2OS. The molecule has 0 saturated carbocycles. The highest BCUT2D eigenvalue weighted by atomic mass is 32.1. The molecule has 0 aromatic carbocycles. The monoisotopic (exact) mass is 264 g/mol. The molecule has 0 aliphatic carbocycles. The molecule has 0 saturated heterocycles. The number of aryl methyl sites for hydroxylation is 2. The number of hydrogen-bond acceptors (Lipinski definition) is 3. The van der Waals surface area contributed by atoms with Gasteiger partial charge in [-0.1, -0.05) is 20.8 Å². The fourth-order valence-electron chi connectivity index (χ4n) is 2.10. The number of rotatable bonds is 2. The number of nitrogens with zero attached hydrogens (tertiary/aromatic N) is 2. The van der Waals surface area contributed by atoms with Crippen LogP contribution in [0.5, 0.6) is 0 Å². The van der Waals surface area contributed by atoms with Gasteiger partial charge in [-0.3, -0.25) is 4.68 Å². The van der Waals surface area contributed by atoms with E-state index in [4.69, 9.17) is 0 Å². The van der Waals surface area contributed by atoms with Gasteiger partial charge in [0.25, 0.3) is 0 Å². The Bertz CT molecular complexity index is 548. The smallest absolute Gasteiger partial charge is 0.117 e. The molecule has 3 nitrogen and oxygen atoms in total. The van der Waals surface area contributed by atoms with Crippen molar-refractivity contribution >= 4 is 11.3 Å². The molecule has 2 rings (SSSR count). The summed E-state index contributed by atoms with van der Waals surface area (Å²) in [4.78, 5) is 1.01. The van der Waals surface area contributed by atoms with Crippen LogP contribution in [0.1, 0.15) is 48.6 Å². The van der Waals surface area contributed by atoms with Gasteiger partial charge in [-0.25, -0.2) is 0 Å². The van der Waals surface area contributed by atoms with Gasteiger partial charge in [-0.15, -0.1) is 11.3 Å². The number of aliphatic hydroxyl groups excluding tert-OH is 1. The lowest BCUT2D eigenvalue weighted by Gasteiger charge is -2.19. The Morgan fingerprint density at radius 3 is 2.56 bits per heavy atom. The van der Waals surface area contributed by atoms with Crippen molar-refractivity contribution in [1.82, 2.24) is 9.78 Å². The summed E-state index contributed by atoms with van der Waals surface area (Å²) in [6, 6.07) is 2.04. The first kappa shape index (κ1) is 13.3. The van der Waals surface area contributed by atoms with E-state index in [0.717, 1.165) is 21.7 Å². The van der Waals surface area contributed by atoms with Crippen molar-refractivity contribution in [3.8, 4) is 0 Å². The van der Waals surface area contributed by atoms with E-state index in [2.05, 4.69) is 25.9 Å². The van der Waals surface area contributed by atoms with Gasteiger partial charge in [0.2, 0.25) is 0 Å². The van der Waals surface area contributed by atoms with Gasteiger partial charge in [-0.2, -0.15) is 5.10 Å². The highest BCUT2D eigenvalue weighted by Gasteiger charge is 2.27. The van der Waals surface area contributed by atoms with Gasteiger partial charge in [0.15, 0.2) is 0 Å². The van der Waals surface area contributed by atoms with Crippen LogP contribution in [0.2, 0.25) is 0 Å². The minimum Gasteiger partial charge on any atom is -0.383 e. The Balaban J connectivity index is 2.49. The normalized spacial score (nSPS) is 13.9. The number of aromatic nitrogens is 2. The molecule has 18 heavy (non-hydrogen) atoms. The second kappa shape index (κ2) is 4.52. The van der Waals surface area contributed by atoms with Crippen molar-refractivity contribution in [3.05, 3.63) is 39.3 Å². The molecule has 1 unspecified atom stereocenters. The zero-order valence-corrected chi connectivity index (χ0v) is 12.4. The van der Waals surface area contributed by atoms with E-state index in [1.54, 1.807) is 16.0 Å². The predicted octanol–water partition coefficient (Wildman–Crippen LogP) is 3.17. The molecule has 1 N–H and O–H groups in total. The van der Waals surface area contributed by atoms with Gasteiger partial charge in [0.05, 0.1) is 5.69 Å². The Labute approximate surface area is 112 Å². The highest BCUT2D eigenvalue weighted by molar-refractivity contribution is 7.10. The van der Waals surface area contributed by atoms with Crippen LogP contribution < -0.4 is 0 Å². The van der Waals surface area contributed by atoms with Gasteiger partial charge in [0.1, 0.15) is 6.10 Å². The molecule has 0 bridgehead atoms. The lowest BCUT2D eigenvalue weighted by atomic mass is 9.87. The quantitative estimate of drug-likeness (QED) is 0.904. The third-order valence-corrected chi connectivity index (χ3v) is 4.08. The topological polar surface area (TPSA) is 38.0 Å². The third-order valence-electron chi connectivity index (χ3n) is 3.01. The average Bonchev–Trinajstić information content (AvgIpc) is 2.82. The first-order valence-electron chi connectivity index (χ1n) is 6.07. The summed E-state index contributed by atoms with van der Waals surface area (Å²) in [7, 11) is 1.90. The second-order valence-corrected chi connectivity index (χ2v) is 6.67. The van der Waals surface area contributed by atoms with Crippen molar-refractivity contribution in [2.45, 2.75) is 39.2 Å². The van der Waals surface area contributed by atoms with Crippen molar-refractivity contribution < 1.29 is 5.11 Å². The fraction of sp³-hybridized carbons (Fsp3) is 0.500. The van der Waals surface area contributed by atoms with E-state index in [1.165, 1.54) is 0 Å². The van der Waals surface area contributed by atoms with Crippen molar-refractivity contribution in [2.24, 2.45) is 7.05 Å². The van der Waals surface area contributed by atoms with E-state index in [9.17, 15) is 5.11 Å². The molecule has 2 aromatic rings. The maximum atomic E-state index is 10.6. The molecule has 0 spiro atoms. The second-order valence-electron chi connectivity index (χ2n) is 5.73. The third kappa shape index (κ3) is 2.35. The van der Waals surface area contributed by atoms with Crippen LogP contribution in [0.25, 0.3) is 0 Å². The molecule has 0 fully saturated rings. The van der Waals surface area contributed by atoms with E-state index in [1.807, 2.05) is 31.6 Å². The number of aliphatic hydroxyl groups is 1. The minimum absolute atomic E-state index is 0.0667. The molecule has 0 aliphatic rings. The number of thiophene rings is 1. The molecule has 0 radical (unpaired) electrons. The molecule has 4 heteroatoms. The molecule has 2 heterocycles. The van der Waals surface area contributed by atoms with Crippen LogP contribution in [0.15, 0.2) is 17.6 Å². The van der Waals surface area contributed by atoms with Gasteiger partial charge in [0, 0.05) is 29.1 Å². The first-order chi connectivity index (χ1) is 8.30. The van der Waals surface area contributed by atoms with Crippen LogP contribution in [0.3, 0.4) is 0 Å². The van der Waals surface area contributed by atoms with E-state index < -0.39 is 6.10 Å². The Morgan fingerprint density at radius 2 is 2.06 bits per heavy atom. The fourth-order valence-corrected chi connectivity index (χ4v) is 3.02. The first-order valence-corrected chi connectivity index (χ1v) is 6.94. The minimum atomic E-state index is -0.576. The summed E-state index contributed by atoms with van der Waals surface area (Å²) in [6.45, 7) is 8.38. The Kier molecular flexibility index (Phi) is 3.34. The summed E-state index contributed by atoms with van der Waals surface area (Å²) in [5.74, 6) is 0. The zero-order chi connectivity index (χ0) is 13.5. The van der Waals surface area contributed by atoms with Gasteiger partial charge >= 0.3 is 0 Å². The molecule has 0 amide bonds. The van der Waals surface area contributed by atoms with Gasteiger partial charge in [-0.05, 0) is 23.9 Å². The average molecular weight is 264 g/mol. The SMILES string of the molecule is Cc1ccsc1C(O)c1cn(C)nc1C(C)(C)C. The highest BCUT2D eigenvalue weighted by Crippen LogP contribution is 2.34. The Morgan fingerprint density at radius 1 is 1.39 bits per heavy atom. The van der Waals surface area contributed by atoms with Crippen molar-refractivity contribution in [3.63, 3.8) is 0 Å². The summed E-state index contributed by atoms with van der Waals surface area (Å²) in [6.07, 6.45) is 1.35. The summed E-state index contributed by atoms with van der Waals surface area (Å²) < 4.78 is 1.78. The largest absolute Gasteiger partial charge is 0.383 e. The van der Waals surface area contributed by atoms with Gasteiger partial charge < -0.3 is 5.11 Å². The van der Waals surface area contributed by atoms with Crippen LogP contribution in [0, 0.1) is 6.92 Å². The van der Waals surface area contributed by atoms with Crippen molar-refractivity contribution in [1.29, 1.82) is 0 Å². The summed E-state index contributed by atoms with van der Waals surface area (Å²) in [5.41, 5.74) is 2.94. The molecule has 0 aliphatic heterocycles. The van der Waals surface area contributed by atoms with E-state index in [-0.39, 0.29) is 5.41 Å². The Hall–Kier alpha value is -1.13. The molecule has 2 aromatic heterocycles. The molecule has 1 atom stereocenters. The van der Waals surface area contributed by atoms with Crippen molar-refractivity contribution in [2.75, 3.05) is 0 Å². The van der Waals surface area contributed by atoms with Crippen LogP contribution in [-0.4, -0.2) is 14.9 Å². The van der Waals surface area contributed by atoms with E-state index >= 15 is 0 Å². The zero-order valence-electron chi connectivity index (χ0n) is 11.6. The maximum Gasteiger partial charge on any atom is 0.117 e. The lowest BCUT2D eigenvalue weighted by molar-refractivity contribution is 0.220. The number of hydrogen-bond donors (Lipinski definition) is 1. The summed E-state index contributed by atoms with van der Waals surface area (Å²) >= 11 is 1.59. The maximum absolute atomic E-state index is 10.6. The van der Waals surface area contributed by atoms with Crippen LogP contribution in [-0.2, 0) is 12.5 Å². The van der Waals surface area contributed by atoms with E-state index in [0.29, 0.717) is 0 Å². The van der Waals surface area contributed by atoms with Crippen LogP contribution >= 0.6 is 11.3 Å². The lowest BCUT2D eigenvalue weighted by Crippen LogP contribution is -2.16. The summed E-state index contributed by atoms with van der Waals surface area (Å²) in [5, 5.41) is 17.1.